The fraction of sp³-hybridized carbons (Fsp3) is 0.579. The Kier molecular flexibility index (Phi) is 4.35. The van der Waals surface area contributed by atoms with Gasteiger partial charge in [-0.05, 0) is 38.2 Å². The van der Waals surface area contributed by atoms with Gasteiger partial charge < -0.3 is 5.11 Å². The highest BCUT2D eigenvalue weighted by Crippen LogP contribution is 2.52. The number of aromatic nitrogens is 3. The van der Waals surface area contributed by atoms with E-state index in [4.69, 9.17) is 10.1 Å². The third kappa shape index (κ3) is 2.99. The molecule has 2 heterocycles. The first-order valence-electron chi connectivity index (χ1n) is 9.26. The number of nitrogens with zero attached hydrogens (tertiary/aromatic N) is 3. The summed E-state index contributed by atoms with van der Waals surface area (Å²) in [4.78, 5) is 4.96. The second-order valence-corrected chi connectivity index (χ2v) is 7.48. The molecule has 0 radical (unpaired) electrons. The van der Waals surface area contributed by atoms with Gasteiger partial charge in [0.2, 0.25) is 0 Å². The van der Waals surface area contributed by atoms with Crippen molar-refractivity contribution < 1.29 is 5.11 Å². The summed E-state index contributed by atoms with van der Waals surface area (Å²) < 4.78 is 1.91. The molecule has 2 fully saturated rings. The van der Waals surface area contributed by atoms with E-state index in [1.54, 1.807) is 0 Å². The molecule has 0 bridgehead atoms. The van der Waals surface area contributed by atoms with Crippen LogP contribution in [0.2, 0.25) is 0 Å². The van der Waals surface area contributed by atoms with Gasteiger partial charge in [-0.25, -0.2) is 9.67 Å². The Bertz CT molecular complexity index is 715. The van der Waals surface area contributed by atoms with Crippen LogP contribution in [-0.2, 0) is 18.4 Å². The second kappa shape index (κ2) is 6.52. The quantitative estimate of drug-likeness (QED) is 0.740. The van der Waals surface area contributed by atoms with E-state index in [0.29, 0.717) is 24.5 Å². The van der Waals surface area contributed by atoms with E-state index in [1.165, 1.54) is 5.56 Å². The van der Waals surface area contributed by atoms with Crippen LogP contribution in [0.3, 0.4) is 0 Å². The topological polar surface area (TPSA) is 75.0 Å². The maximum Gasteiger partial charge on any atom is 0.161 e. The SMILES string of the molecule is CC1NNC(C)C1Cc1nc(C2(c3ccccc3)CC2)nn1CCO. The summed E-state index contributed by atoms with van der Waals surface area (Å²) in [6.45, 7) is 4.98. The van der Waals surface area contributed by atoms with Crippen molar-refractivity contribution in [3.05, 3.63) is 47.5 Å². The Morgan fingerprint density at radius 2 is 1.84 bits per heavy atom. The molecule has 1 saturated heterocycles. The predicted octanol–water partition coefficient (Wildman–Crippen LogP) is 1.39. The molecule has 2 unspecified atom stereocenters. The van der Waals surface area contributed by atoms with Crippen LogP contribution in [0.15, 0.2) is 30.3 Å². The Balaban J connectivity index is 1.64. The van der Waals surface area contributed by atoms with Gasteiger partial charge in [-0.15, -0.1) is 0 Å². The number of hydrogen-bond acceptors (Lipinski definition) is 5. The molecule has 4 rings (SSSR count). The molecule has 2 atom stereocenters. The number of hydrazine groups is 1. The third-order valence-corrected chi connectivity index (χ3v) is 5.81. The third-order valence-electron chi connectivity index (χ3n) is 5.81. The Morgan fingerprint density at radius 1 is 1.16 bits per heavy atom. The number of hydrogen-bond donors (Lipinski definition) is 3. The van der Waals surface area contributed by atoms with E-state index in [0.717, 1.165) is 30.9 Å². The number of aliphatic hydroxyl groups is 1. The molecule has 134 valence electrons. The molecule has 2 aliphatic rings. The molecular formula is C19H27N5O. The highest BCUT2D eigenvalue weighted by molar-refractivity contribution is 5.39. The minimum atomic E-state index is -0.0277. The highest BCUT2D eigenvalue weighted by Gasteiger charge is 2.49. The van der Waals surface area contributed by atoms with E-state index in [9.17, 15) is 5.11 Å². The fourth-order valence-electron chi connectivity index (χ4n) is 4.00. The molecule has 0 spiro atoms. The molecule has 6 heteroatoms. The lowest BCUT2D eigenvalue weighted by molar-refractivity contribution is 0.264. The van der Waals surface area contributed by atoms with Gasteiger partial charge in [-0.2, -0.15) is 5.10 Å². The molecule has 3 N–H and O–H groups in total. The van der Waals surface area contributed by atoms with Gasteiger partial charge in [0.05, 0.1) is 18.6 Å². The van der Waals surface area contributed by atoms with Crippen molar-refractivity contribution in [3.63, 3.8) is 0 Å². The molecule has 1 saturated carbocycles. The first kappa shape index (κ1) is 16.7. The van der Waals surface area contributed by atoms with Crippen LogP contribution < -0.4 is 10.9 Å². The van der Waals surface area contributed by atoms with Gasteiger partial charge in [0, 0.05) is 18.5 Å². The lowest BCUT2D eigenvalue weighted by Gasteiger charge is -2.17. The number of nitrogens with one attached hydrogen (secondary N) is 2. The second-order valence-electron chi connectivity index (χ2n) is 7.48. The van der Waals surface area contributed by atoms with Crippen molar-refractivity contribution in [2.24, 2.45) is 5.92 Å². The molecule has 6 nitrogen and oxygen atoms in total. The Hall–Kier alpha value is -1.76. The average Bonchev–Trinajstić information content (AvgIpc) is 3.26. The normalized spacial score (nSPS) is 27.6. The molecule has 2 aromatic rings. The summed E-state index contributed by atoms with van der Waals surface area (Å²) in [7, 11) is 0. The van der Waals surface area contributed by atoms with Gasteiger partial charge >= 0.3 is 0 Å². The zero-order valence-electron chi connectivity index (χ0n) is 14.9. The van der Waals surface area contributed by atoms with Crippen LogP contribution in [0.25, 0.3) is 0 Å². The van der Waals surface area contributed by atoms with E-state index < -0.39 is 0 Å². The molecule has 1 aromatic heterocycles. The fourth-order valence-corrected chi connectivity index (χ4v) is 4.00. The Morgan fingerprint density at radius 3 is 2.44 bits per heavy atom. The van der Waals surface area contributed by atoms with Crippen molar-refractivity contribution in [1.29, 1.82) is 0 Å². The molecule has 1 aliphatic carbocycles. The van der Waals surface area contributed by atoms with Gasteiger partial charge in [-0.3, -0.25) is 10.9 Å². The molecule has 1 aliphatic heterocycles. The van der Waals surface area contributed by atoms with Crippen molar-refractivity contribution >= 4 is 0 Å². The van der Waals surface area contributed by atoms with Crippen molar-refractivity contribution in [3.8, 4) is 0 Å². The van der Waals surface area contributed by atoms with E-state index >= 15 is 0 Å². The van der Waals surface area contributed by atoms with Crippen LogP contribution in [0.1, 0.15) is 43.9 Å². The van der Waals surface area contributed by atoms with E-state index in [2.05, 4.69) is 49.0 Å². The zero-order valence-corrected chi connectivity index (χ0v) is 14.9. The highest BCUT2D eigenvalue weighted by atomic mass is 16.3. The number of benzene rings is 1. The van der Waals surface area contributed by atoms with E-state index in [-0.39, 0.29) is 12.0 Å². The van der Waals surface area contributed by atoms with E-state index in [1.807, 2.05) is 10.7 Å². The van der Waals surface area contributed by atoms with Gasteiger partial charge in [-0.1, -0.05) is 30.3 Å². The zero-order chi connectivity index (χ0) is 17.4. The van der Waals surface area contributed by atoms with Gasteiger partial charge in [0.1, 0.15) is 5.82 Å². The molecular weight excluding hydrogens is 314 g/mol. The lowest BCUT2D eigenvalue weighted by Crippen LogP contribution is -2.30. The van der Waals surface area contributed by atoms with Gasteiger partial charge in [0.25, 0.3) is 0 Å². The average molecular weight is 341 g/mol. The maximum absolute atomic E-state index is 9.44. The number of rotatable bonds is 6. The van der Waals surface area contributed by atoms with Crippen LogP contribution in [-0.4, -0.2) is 38.6 Å². The standard InChI is InChI=1S/C19H27N5O/c1-13-16(14(2)22-21-13)12-17-20-18(23-24(17)10-11-25)19(8-9-19)15-6-4-3-5-7-15/h3-7,13-14,16,21-22,25H,8-12H2,1-2H3. The minimum absolute atomic E-state index is 0.0277. The summed E-state index contributed by atoms with van der Waals surface area (Å²) in [5.41, 5.74) is 7.89. The Labute approximate surface area is 148 Å². The largest absolute Gasteiger partial charge is 0.394 e. The summed E-state index contributed by atoms with van der Waals surface area (Å²) in [6.07, 6.45) is 3.05. The summed E-state index contributed by atoms with van der Waals surface area (Å²) in [5, 5.41) is 14.2. The smallest absolute Gasteiger partial charge is 0.161 e. The maximum atomic E-state index is 9.44. The summed E-state index contributed by atoms with van der Waals surface area (Å²) in [6, 6.07) is 11.3. The van der Waals surface area contributed by atoms with Crippen LogP contribution >= 0.6 is 0 Å². The van der Waals surface area contributed by atoms with Crippen LogP contribution in [0.4, 0.5) is 0 Å². The molecule has 0 amide bonds. The lowest BCUT2D eigenvalue weighted by atomic mass is 9.92. The minimum Gasteiger partial charge on any atom is -0.394 e. The monoisotopic (exact) mass is 341 g/mol. The van der Waals surface area contributed by atoms with Crippen molar-refractivity contribution in [1.82, 2.24) is 25.6 Å². The first-order chi connectivity index (χ1) is 12.1. The van der Waals surface area contributed by atoms with Gasteiger partial charge in [0.15, 0.2) is 5.82 Å². The first-order valence-corrected chi connectivity index (χ1v) is 9.26. The predicted molar refractivity (Wildman–Crippen MR) is 96.0 cm³/mol. The van der Waals surface area contributed by atoms with Crippen LogP contribution in [0, 0.1) is 5.92 Å². The summed E-state index contributed by atoms with van der Waals surface area (Å²) >= 11 is 0. The number of aliphatic hydroxyl groups excluding tert-OH is 1. The van der Waals surface area contributed by atoms with Crippen molar-refractivity contribution in [2.45, 2.75) is 57.2 Å². The molecule has 1 aromatic carbocycles. The summed E-state index contributed by atoms with van der Waals surface area (Å²) in [5.74, 6) is 2.36. The molecule has 25 heavy (non-hydrogen) atoms. The van der Waals surface area contributed by atoms with Crippen LogP contribution in [0.5, 0.6) is 0 Å². The van der Waals surface area contributed by atoms with Crippen molar-refractivity contribution in [2.75, 3.05) is 6.61 Å².